The zero-order chi connectivity index (χ0) is 14.0. The van der Waals surface area contributed by atoms with Crippen LogP contribution < -0.4 is 11.1 Å². The summed E-state index contributed by atoms with van der Waals surface area (Å²) in [5.74, 6) is -0.220. The third kappa shape index (κ3) is 2.88. The van der Waals surface area contributed by atoms with Crippen LogP contribution in [-0.2, 0) is 0 Å². The first kappa shape index (κ1) is 13.4. The molecule has 2 rings (SSSR count). The maximum Gasteiger partial charge on any atom is 0.255 e. The standard InChI is InChI=1S/C15H15ClN2O/c1-9-6-7-11(8-12(9)16)15(19)18-14-10(2)4-3-5-13(14)17/h3-8H,17H2,1-2H3,(H,18,19). The number of amides is 1. The zero-order valence-corrected chi connectivity index (χ0v) is 11.6. The van der Waals surface area contributed by atoms with E-state index in [0.29, 0.717) is 22.0 Å². The molecule has 0 heterocycles. The molecule has 0 spiro atoms. The molecule has 2 aromatic rings. The lowest BCUT2D eigenvalue weighted by Gasteiger charge is -2.11. The Morgan fingerprint density at radius 2 is 1.89 bits per heavy atom. The summed E-state index contributed by atoms with van der Waals surface area (Å²) >= 11 is 6.02. The van der Waals surface area contributed by atoms with E-state index in [2.05, 4.69) is 5.32 Å². The number of halogens is 1. The maximum atomic E-state index is 12.2. The van der Waals surface area contributed by atoms with E-state index in [1.54, 1.807) is 18.2 Å². The van der Waals surface area contributed by atoms with E-state index in [1.807, 2.05) is 32.0 Å². The number of anilines is 2. The van der Waals surface area contributed by atoms with Gasteiger partial charge in [-0.15, -0.1) is 0 Å². The Morgan fingerprint density at radius 1 is 1.16 bits per heavy atom. The van der Waals surface area contributed by atoms with Crippen LogP contribution in [-0.4, -0.2) is 5.91 Å². The van der Waals surface area contributed by atoms with Crippen molar-refractivity contribution in [3.8, 4) is 0 Å². The van der Waals surface area contributed by atoms with Gasteiger partial charge >= 0.3 is 0 Å². The average molecular weight is 275 g/mol. The quantitative estimate of drug-likeness (QED) is 0.819. The Hall–Kier alpha value is -2.00. The van der Waals surface area contributed by atoms with E-state index in [1.165, 1.54) is 0 Å². The second-order valence-corrected chi connectivity index (χ2v) is 4.86. The summed E-state index contributed by atoms with van der Waals surface area (Å²) in [6.45, 7) is 3.79. The van der Waals surface area contributed by atoms with Crippen molar-refractivity contribution in [3.63, 3.8) is 0 Å². The molecule has 0 aromatic heterocycles. The average Bonchev–Trinajstić information content (AvgIpc) is 2.37. The second-order valence-electron chi connectivity index (χ2n) is 4.46. The van der Waals surface area contributed by atoms with Gasteiger partial charge in [-0.25, -0.2) is 0 Å². The highest BCUT2D eigenvalue weighted by Gasteiger charge is 2.10. The Morgan fingerprint density at radius 3 is 2.53 bits per heavy atom. The number of nitrogens with two attached hydrogens (primary N) is 1. The van der Waals surface area contributed by atoms with Crippen LogP contribution in [0.3, 0.4) is 0 Å². The van der Waals surface area contributed by atoms with Crippen LogP contribution in [0, 0.1) is 13.8 Å². The van der Waals surface area contributed by atoms with Crippen molar-refractivity contribution in [2.24, 2.45) is 0 Å². The van der Waals surface area contributed by atoms with Crippen LogP contribution in [0.2, 0.25) is 5.02 Å². The summed E-state index contributed by atoms with van der Waals surface area (Å²) < 4.78 is 0. The molecule has 0 radical (unpaired) electrons. The molecule has 0 bridgehead atoms. The highest BCUT2D eigenvalue weighted by molar-refractivity contribution is 6.31. The molecule has 1 amide bonds. The van der Waals surface area contributed by atoms with Gasteiger partial charge in [-0.1, -0.05) is 29.8 Å². The molecular weight excluding hydrogens is 260 g/mol. The van der Waals surface area contributed by atoms with Gasteiger partial charge in [-0.2, -0.15) is 0 Å². The van der Waals surface area contributed by atoms with Crippen molar-refractivity contribution < 1.29 is 4.79 Å². The van der Waals surface area contributed by atoms with Crippen molar-refractivity contribution in [2.45, 2.75) is 13.8 Å². The van der Waals surface area contributed by atoms with Crippen LogP contribution in [0.25, 0.3) is 0 Å². The fourth-order valence-corrected chi connectivity index (χ4v) is 1.96. The minimum absolute atomic E-state index is 0.220. The topological polar surface area (TPSA) is 55.1 Å². The third-order valence-corrected chi connectivity index (χ3v) is 3.38. The lowest BCUT2D eigenvalue weighted by atomic mass is 10.1. The molecule has 19 heavy (non-hydrogen) atoms. The van der Waals surface area contributed by atoms with E-state index >= 15 is 0 Å². The van der Waals surface area contributed by atoms with Crippen molar-refractivity contribution in [1.82, 2.24) is 0 Å². The van der Waals surface area contributed by atoms with Gasteiger partial charge in [0, 0.05) is 10.6 Å². The molecule has 98 valence electrons. The molecule has 0 atom stereocenters. The number of nitrogen functional groups attached to an aromatic ring is 1. The van der Waals surface area contributed by atoms with Crippen molar-refractivity contribution in [3.05, 3.63) is 58.1 Å². The van der Waals surface area contributed by atoms with Crippen LogP contribution in [0.15, 0.2) is 36.4 Å². The van der Waals surface area contributed by atoms with Crippen LogP contribution in [0.1, 0.15) is 21.5 Å². The van der Waals surface area contributed by atoms with E-state index in [9.17, 15) is 4.79 Å². The summed E-state index contributed by atoms with van der Waals surface area (Å²) in [6.07, 6.45) is 0. The van der Waals surface area contributed by atoms with Gasteiger partial charge in [0.2, 0.25) is 0 Å². The molecule has 2 aromatic carbocycles. The van der Waals surface area contributed by atoms with E-state index < -0.39 is 0 Å². The Labute approximate surface area is 117 Å². The number of carbonyl (C=O) groups excluding carboxylic acids is 1. The highest BCUT2D eigenvalue weighted by Crippen LogP contribution is 2.24. The molecular formula is C15H15ClN2O. The molecule has 0 saturated heterocycles. The predicted molar refractivity (Wildman–Crippen MR) is 79.7 cm³/mol. The number of benzene rings is 2. The fraction of sp³-hybridized carbons (Fsp3) is 0.133. The molecule has 0 aliphatic rings. The Bertz CT molecular complexity index is 618. The number of para-hydroxylation sites is 1. The van der Waals surface area contributed by atoms with Crippen LogP contribution >= 0.6 is 11.6 Å². The van der Waals surface area contributed by atoms with E-state index in [4.69, 9.17) is 17.3 Å². The predicted octanol–water partition coefficient (Wildman–Crippen LogP) is 3.79. The first-order valence-corrected chi connectivity index (χ1v) is 6.29. The van der Waals surface area contributed by atoms with E-state index in [-0.39, 0.29) is 5.91 Å². The summed E-state index contributed by atoms with van der Waals surface area (Å²) in [5.41, 5.74) is 9.43. The maximum absolute atomic E-state index is 12.2. The van der Waals surface area contributed by atoms with Gasteiger partial charge < -0.3 is 11.1 Å². The second kappa shape index (κ2) is 5.33. The lowest BCUT2D eigenvalue weighted by Crippen LogP contribution is -2.14. The first-order valence-electron chi connectivity index (χ1n) is 5.91. The summed E-state index contributed by atoms with van der Waals surface area (Å²) in [6, 6.07) is 10.7. The summed E-state index contributed by atoms with van der Waals surface area (Å²) in [7, 11) is 0. The minimum Gasteiger partial charge on any atom is -0.397 e. The normalized spacial score (nSPS) is 10.3. The number of hydrogen-bond acceptors (Lipinski definition) is 2. The number of hydrogen-bond donors (Lipinski definition) is 2. The van der Waals surface area contributed by atoms with Crippen molar-refractivity contribution in [2.75, 3.05) is 11.1 Å². The lowest BCUT2D eigenvalue weighted by molar-refractivity contribution is 0.102. The molecule has 0 aliphatic heterocycles. The van der Waals surface area contributed by atoms with Gasteiger partial charge in [-0.05, 0) is 43.2 Å². The number of carbonyl (C=O) groups is 1. The van der Waals surface area contributed by atoms with Gasteiger partial charge in [0.15, 0.2) is 0 Å². The monoisotopic (exact) mass is 274 g/mol. The number of nitrogens with one attached hydrogen (secondary N) is 1. The third-order valence-electron chi connectivity index (χ3n) is 2.98. The molecule has 4 heteroatoms. The van der Waals surface area contributed by atoms with Gasteiger partial charge in [-0.3, -0.25) is 4.79 Å². The molecule has 0 aliphatic carbocycles. The molecule has 0 unspecified atom stereocenters. The van der Waals surface area contributed by atoms with Gasteiger partial charge in [0.25, 0.3) is 5.91 Å². The zero-order valence-electron chi connectivity index (χ0n) is 10.8. The smallest absolute Gasteiger partial charge is 0.255 e. The van der Waals surface area contributed by atoms with Crippen molar-refractivity contribution >= 4 is 28.9 Å². The Balaban J connectivity index is 2.28. The summed E-state index contributed by atoms with van der Waals surface area (Å²) in [4.78, 5) is 12.2. The van der Waals surface area contributed by atoms with E-state index in [0.717, 1.165) is 11.1 Å². The molecule has 3 nitrogen and oxygen atoms in total. The molecule has 3 N–H and O–H groups in total. The number of rotatable bonds is 2. The highest BCUT2D eigenvalue weighted by atomic mass is 35.5. The largest absolute Gasteiger partial charge is 0.397 e. The number of aryl methyl sites for hydroxylation is 2. The van der Waals surface area contributed by atoms with Crippen LogP contribution in [0.5, 0.6) is 0 Å². The van der Waals surface area contributed by atoms with Gasteiger partial charge in [0.05, 0.1) is 11.4 Å². The van der Waals surface area contributed by atoms with Crippen molar-refractivity contribution in [1.29, 1.82) is 0 Å². The van der Waals surface area contributed by atoms with Gasteiger partial charge in [0.1, 0.15) is 0 Å². The molecule has 0 fully saturated rings. The van der Waals surface area contributed by atoms with Crippen LogP contribution in [0.4, 0.5) is 11.4 Å². The molecule has 0 saturated carbocycles. The first-order chi connectivity index (χ1) is 8.99. The Kier molecular flexibility index (Phi) is 3.76. The summed E-state index contributed by atoms with van der Waals surface area (Å²) in [5, 5.41) is 3.39. The fourth-order valence-electron chi connectivity index (χ4n) is 1.78. The SMILES string of the molecule is Cc1ccc(C(=O)Nc2c(C)cccc2N)cc1Cl. The minimum atomic E-state index is -0.220.